The van der Waals surface area contributed by atoms with E-state index in [-0.39, 0.29) is 0 Å². The number of hydrogen-bond acceptors (Lipinski definition) is 0. The van der Waals surface area contributed by atoms with E-state index < -0.39 is 0 Å². The molecule has 15 aromatic carbocycles. The highest BCUT2D eigenvalue weighted by molar-refractivity contribution is 6.34. The molecule has 0 fully saturated rings. The third kappa shape index (κ3) is 13.3. The zero-order valence-corrected chi connectivity index (χ0v) is 79.6. The van der Waals surface area contributed by atoms with Gasteiger partial charge in [-0.15, -0.1) is 0 Å². The molecule has 0 heterocycles. The number of benzene rings is 15. The van der Waals surface area contributed by atoms with Crippen LogP contribution in [-0.2, 0) is 103 Å². The minimum Gasteiger partial charge on any atom is -0.0651 e. The van der Waals surface area contributed by atoms with Crippen molar-refractivity contribution >= 4 is 64.6 Å². The topological polar surface area (TPSA) is 0 Å². The molecule has 0 saturated heterocycles. The SMILES string of the molecule is CCCc1ccc(-c2c3c(c(-c4ccc(CCC)cc4)c4cc5c(-c6ccc(CCC)cc6)c6c(c(-c7ccc(CCC)cc7)c5cc24)=c2ccc4c5c(ccc=6c25)=c2c(CCC)c5c(CCC)c(CCC)c(CCC)c(CCC)c5c(CCC)c2=4)-c2ccc4c5c(ccc-3c25)-c2c-4c(CCC)c3c(CCC)c(CCC)c(CCC)c(CCC)c3c2CCC)cc1. The number of fused-ring (bicyclic) bond motifs is 12. The van der Waals surface area contributed by atoms with Gasteiger partial charge in [-0.3, -0.25) is 0 Å². The molecule has 0 nitrogen and oxygen atoms in total. The summed E-state index contributed by atoms with van der Waals surface area (Å²) in [5.74, 6) is 0. The minimum absolute atomic E-state index is 1.05. The third-order valence-electron chi connectivity index (χ3n) is 30.1. The van der Waals surface area contributed by atoms with Gasteiger partial charge < -0.3 is 0 Å². The maximum absolute atomic E-state index is 2.80. The maximum atomic E-state index is 2.80. The van der Waals surface area contributed by atoms with Crippen molar-refractivity contribution < 1.29 is 0 Å². The second-order valence-electron chi connectivity index (χ2n) is 38.6. The summed E-state index contributed by atoms with van der Waals surface area (Å²) in [6, 6.07) is 67.0. The van der Waals surface area contributed by atoms with Crippen molar-refractivity contribution in [3.05, 3.63) is 288 Å². The van der Waals surface area contributed by atoms with Crippen LogP contribution in [0.5, 0.6) is 0 Å². The van der Waals surface area contributed by atoms with Gasteiger partial charge in [0.1, 0.15) is 0 Å². The van der Waals surface area contributed by atoms with Crippen LogP contribution < -0.4 is 0 Å². The van der Waals surface area contributed by atoms with Crippen molar-refractivity contribution in [2.45, 2.75) is 316 Å². The normalized spacial score (nSPS) is 12.5. The van der Waals surface area contributed by atoms with Crippen LogP contribution in [0.4, 0.5) is 0 Å². The van der Waals surface area contributed by atoms with Gasteiger partial charge in [-0.1, -0.05) is 359 Å². The van der Waals surface area contributed by atoms with Gasteiger partial charge >= 0.3 is 0 Å². The van der Waals surface area contributed by atoms with E-state index in [1.807, 2.05) is 0 Å². The summed E-state index contributed by atoms with van der Waals surface area (Å²) in [6.45, 7) is 38.7. The Hall–Kier alpha value is -10.1. The monoisotopic (exact) mass is 1650 g/mol. The number of rotatable bonds is 36. The summed E-state index contributed by atoms with van der Waals surface area (Å²) in [7, 11) is 0. The Labute approximate surface area is 753 Å². The standard InChI is InChI=1S/C126H138/c1-17-33-75-49-57-79(58-50-75)107-103-73-105-106(74-104(103)108(80-59-51-76(34-18-2)52-60-80)124-100-70-66-96-116-92(46-30-14)112-88(42-26-10)84(38-22-6)83(37-21-5)87(41-25-9)111(112)91(45-29-13)115(116)95-65-69-99(123(107)124)121(100)119(95)96)110(82-63-55-78(36-20-4)56-64-82)126-102-72-68-98-118-94(48-32-16)114-90(44-28-12)86(40-24-8)85(39-23-7)89(43-27-11)113(114)93(47-31-15)117(118)97-67-71-101(122(102)120(97)98)125(126)109(105)81-61-53-77(35-19-3)54-62-81/h49-74H,17-48H2,1-16H3. The van der Waals surface area contributed by atoms with E-state index in [0.29, 0.717) is 0 Å². The van der Waals surface area contributed by atoms with Crippen molar-refractivity contribution in [2.75, 3.05) is 0 Å². The third-order valence-corrected chi connectivity index (χ3v) is 30.1. The Balaban J connectivity index is 1.03. The van der Waals surface area contributed by atoms with Gasteiger partial charge in [-0.05, 0) is 399 Å². The Morgan fingerprint density at radius 2 is 0.349 bits per heavy atom. The fraction of sp³-hybridized carbons (Fsp3) is 0.381. The molecule has 0 N–H and O–H groups in total. The van der Waals surface area contributed by atoms with Gasteiger partial charge in [-0.2, -0.15) is 0 Å². The summed E-state index contributed by atoms with van der Waals surface area (Å²) >= 11 is 0. The summed E-state index contributed by atoms with van der Waals surface area (Å²) in [6.07, 6.45) is 35.7. The molecule has 0 bridgehead atoms. The molecule has 126 heavy (non-hydrogen) atoms. The predicted molar refractivity (Wildman–Crippen MR) is 550 cm³/mol. The summed E-state index contributed by atoms with van der Waals surface area (Å²) in [5, 5.41) is 29.3. The highest BCUT2D eigenvalue weighted by atomic mass is 14.4. The molecule has 0 heteroatoms. The van der Waals surface area contributed by atoms with E-state index >= 15 is 0 Å². The lowest BCUT2D eigenvalue weighted by atomic mass is 9.75. The lowest BCUT2D eigenvalue weighted by molar-refractivity contribution is 0.806. The lowest BCUT2D eigenvalue weighted by Crippen LogP contribution is -2.11. The van der Waals surface area contributed by atoms with E-state index in [9.17, 15) is 0 Å². The zero-order chi connectivity index (χ0) is 87.0. The molecule has 0 amide bonds. The van der Waals surface area contributed by atoms with Crippen LogP contribution in [0.2, 0.25) is 0 Å². The van der Waals surface area contributed by atoms with Crippen LogP contribution in [0.15, 0.2) is 158 Å². The van der Waals surface area contributed by atoms with E-state index in [0.717, 1.165) is 180 Å². The van der Waals surface area contributed by atoms with Gasteiger partial charge in [0.15, 0.2) is 0 Å². The number of aryl methyl sites for hydroxylation is 12. The average molecular weight is 1650 g/mol. The molecule has 0 radical (unpaired) electrons. The zero-order valence-electron chi connectivity index (χ0n) is 79.6. The molecule has 642 valence electrons. The van der Waals surface area contributed by atoms with E-state index in [4.69, 9.17) is 0 Å². The Bertz CT molecular complexity index is 6900. The van der Waals surface area contributed by atoms with Crippen molar-refractivity contribution in [1.82, 2.24) is 0 Å². The summed E-state index contributed by atoms with van der Waals surface area (Å²) in [5.41, 5.74) is 47.8. The fourth-order valence-electron chi connectivity index (χ4n) is 25.8. The van der Waals surface area contributed by atoms with Crippen LogP contribution in [0, 0.1) is 41.7 Å². The second kappa shape index (κ2) is 35.8. The highest BCUT2D eigenvalue weighted by Gasteiger charge is 2.39. The van der Waals surface area contributed by atoms with E-state index in [2.05, 4.69) is 269 Å². The summed E-state index contributed by atoms with van der Waals surface area (Å²) < 4.78 is 0. The first kappa shape index (κ1) is 85.3. The molecular formula is C126H138. The molecule has 15 aromatic rings. The molecule has 0 aromatic heterocycles. The fourth-order valence-corrected chi connectivity index (χ4v) is 25.8. The van der Waals surface area contributed by atoms with Crippen molar-refractivity contribution in [1.29, 1.82) is 0 Å². The first-order valence-corrected chi connectivity index (χ1v) is 51.1. The van der Waals surface area contributed by atoms with Gasteiger partial charge in [0, 0.05) is 0 Å². The molecule has 0 unspecified atom stereocenters. The Kier molecular flexibility index (Phi) is 24.3. The van der Waals surface area contributed by atoms with Gasteiger partial charge in [0.25, 0.3) is 0 Å². The second-order valence-corrected chi connectivity index (χ2v) is 38.6. The minimum atomic E-state index is 1.05. The quantitative estimate of drug-likeness (QED) is 0.0343. The molecular weight excluding hydrogens is 1510 g/mol. The Morgan fingerprint density at radius 3 is 0.611 bits per heavy atom. The molecule has 4 aliphatic carbocycles. The average Bonchev–Trinajstić information content (AvgIpc) is 1.49. The van der Waals surface area contributed by atoms with Gasteiger partial charge in [0.2, 0.25) is 0 Å². The first-order valence-electron chi connectivity index (χ1n) is 51.1. The molecule has 0 atom stereocenters. The van der Waals surface area contributed by atoms with Crippen molar-refractivity contribution in [3.8, 4) is 89.0 Å². The molecule has 0 saturated carbocycles. The molecule has 19 rings (SSSR count). The van der Waals surface area contributed by atoms with Crippen molar-refractivity contribution in [2.24, 2.45) is 0 Å². The first-order chi connectivity index (χ1) is 61.9. The molecule has 4 aliphatic rings. The number of hydrogen-bond donors (Lipinski definition) is 0. The highest BCUT2D eigenvalue weighted by Crippen LogP contribution is 2.65. The van der Waals surface area contributed by atoms with Crippen LogP contribution in [0.3, 0.4) is 0 Å². The molecule has 0 spiro atoms. The maximum Gasteiger partial charge on any atom is -0.000740 e. The van der Waals surface area contributed by atoms with E-state index in [1.165, 1.54) is 200 Å². The largest absolute Gasteiger partial charge is 0.0651 e. The lowest BCUT2D eigenvalue weighted by Gasteiger charge is -2.29. The Morgan fingerprint density at radius 1 is 0.143 bits per heavy atom. The van der Waals surface area contributed by atoms with Crippen LogP contribution in [-0.4, -0.2) is 0 Å². The predicted octanol–water partition coefficient (Wildman–Crippen LogP) is 35.6. The van der Waals surface area contributed by atoms with Crippen LogP contribution in [0.1, 0.15) is 303 Å². The summed E-state index contributed by atoms with van der Waals surface area (Å²) in [4.78, 5) is 0. The van der Waals surface area contributed by atoms with Gasteiger partial charge in [-0.25, -0.2) is 0 Å². The van der Waals surface area contributed by atoms with Crippen LogP contribution >= 0.6 is 0 Å². The molecule has 0 aliphatic heterocycles. The smallest absolute Gasteiger partial charge is 0.000740 e. The van der Waals surface area contributed by atoms with Crippen molar-refractivity contribution in [3.63, 3.8) is 0 Å². The van der Waals surface area contributed by atoms with E-state index in [1.54, 1.807) is 110 Å². The van der Waals surface area contributed by atoms with Gasteiger partial charge in [0.05, 0.1) is 0 Å². The van der Waals surface area contributed by atoms with Crippen LogP contribution in [0.25, 0.3) is 154 Å².